The fraction of sp³-hybridized carbons (Fsp3) is 0.312. The van der Waals surface area contributed by atoms with Gasteiger partial charge in [-0.1, -0.05) is 11.6 Å². The van der Waals surface area contributed by atoms with Crippen molar-refractivity contribution in [3.8, 4) is 0 Å². The lowest BCUT2D eigenvalue weighted by Crippen LogP contribution is -2.40. The smallest absolute Gasteiger partial charge is 0.252 e. The topological polar surface area (TPSA) is 66.5 Å². The Bertz CT molecular complexity index is 933. The SMILES string of the molecule is CN(CC(=O)NC1CCSc2ccc(F)cc21)S(=O)(=O)c1ccc(Cl)s1. The van der Waals surface area contributed by atoms with E-state index < -0.39 is 15.9 Å². The highest BCUT2D eigenvalue weighted by atomic mass is 35.5. The molecule has 1 aliphatic heterocycles. The van der Waals surface area contributed by atoms with Gasteiger partial charge in [0.15, 0.2) is 0 Å². The van der Waals surface area contributed by atoms with Gasteiger partial charge in [0.05, 0.1) is 16.9 Å². The van der Waals surface area contributed by atoms with Gasteiger partial charge in [0.1, 0.15) is 10.0 Å². The fourth-order valence-electron chi connectivity index (χ4n) is 2.63. The third-order valence-corrected chi connectivity index (χ3v) is 8.55. The number of sulfonamides is 1. The van der Waals surface area contributed by atoms with E-state index in [1.807, 2.05) is 0 Å². The van der Waals surface area contributed by atoms with E-state index in [-0.39, 0.29) is 22.6 Å². The van der Waals surface area contributed by atoms with E-state index >= 15 is 0 Å². The van der Waals surface area contributed by atoms with Crippen LogP contribution in [0.15, 0.2) is 39.4 Å². The van der Waals surface area contributed by atoms with E-state index in [1.54, 1.807) is 17.8 Å². The molecule has 0 fully saturated rings. The van der Waals surface area contributed by atoms with Crippen molar-refractivity contribution in [1.29, 1.82) is 0 Å². The van der Waals surface area contributed by atoms with E-state index in [0.717, 1.165) is 31.9 Å². The van der Waals surface area contributed by atoms with Crippen molar-refractivity contribution in [2.45, 2.75) is 21.6 Å². The van der Waals surface area contributed by atoms with Crippen molar-refractivity contribution < 1.29 is 17.6 Å². The average molecular weight is 435 g/mol. The van der Waals surface area contributed by atoms with E-state index in [1.165, 1.54) is 31.3 Å². The highest BCUT2D eigenvalue weighted by Crippen LogP contribution is 2.36. The first-order valence-electron chi connectivity index (χ1n) is 7.70. The first-order valence-corrected chi connectivity index (χ1v) is 11.3. The first-order chi connectivity index (χ1) is 12.3. The van der Waals surface area contributed by atoms with Crippen LogP contribution in [-0.2, 0) is 14.8 Å². The number of nitrogens with one attached hydrogen (secondary N) is 1. The van der Waals surface area contributed by atoms with E-state index in [0.29, 0.717) is 10.8 Å². The molecule has 1 amide bonds. The highest BCUT2D eigenvalue weighted by molar-refractivity contribution is 7.99. The normalized spacial score (nSPS) is 17.2. The molecule has 0 spiro atoms. The number of hydrogen-bond donors (Lipinski definition) is 1. The number of carbonyl (C=O) groups excluding carboxylic acids is 1. The van der Waals surface area contributed by atoms with Crippen LogP contribution in [0.5, 0.6) is 0 Å². The van der Waals surface area contributed by atoms with Crippen LogP contribution in [0.3, 0.4) is 0 Å². The first kappa shape index (κ1) is 19.6. The summed E-state index contributed by atoms with van der Waals surface area (Å²) in [7, 11) is -2.44. The Kier molecular flexibility index (Phi) is 5.93. The van der Waals surface area contributed by atoms with Crippen LogP contribution >= 0.6 is 34.7 Å². The third-order valence-electron chi connectivity index (χ3n) is 3.93. The number of amides is 1. The van der Waals surface area contributed by atoms with E-state index in [9.17, 15) is 17.6 Å². The summed E-state index contributed by atoms with van der Waals surface area (Å²) < 4.78 is 39.9. The Balaban J connectivity index is 1.69. The van der Waals surface area contributed by atoms with Crippen molar-refractivity contribution >= 4 is 50.6 Å². The molecule has 1 unspecified atom stereocenters. The van der Waals surface area contributed by atoms with Gasteiger partial charge < -0.3 is 5.32 Å². The summed E-state index contributed by atoms with van der Waals surface area (Å²) in [5.74, 6) is -0.00333. The zero-order chi connectivity index (χ0) is 18.9. The number of rotatable bonds is 5. The second-order valence-corrected chi connectivity index (χ2v) is 10.9. The van der Waals surface area contributed by atoms with Gasteiger partial charge in [-0.2, -0.15) is 4.31 Å². The second-order valence-electron chi connectivity index (χ2n) is 5.76. The monoisotopic (exact) mass is 434 g/mol. The number of fused-ring (bicyclic) bond motifs is 1. The number of likely N-dealkylation sites (N-methyl/N-ethyl adjacent to an activating group) is 1. The Morgan fingerprint density at radius 1 is 1.38 bits per heavy atom. The van der Waals surface area contributed by atoms with E-state index in [4.69, 9.17) is 11.6 Å². The Morgan fingerprint density at radius 3 is 2.85 bits per heavy atom. The van der Waals surface area contributed by atoms with Gasteiger partial charge >= 0.3 is 0 Å². The van der Waals surface area contributed by atoms with Gasteiger partial charge in [0.25, 0.3) is 10.0 Å². The molecule has 3 rings (SSSR count). The zero-order valence-electron chi connectivity index (χ0n) is 13.7. The van der Waals surface area contributed by atoms with Crippen molar-refractivity contribution in [3.05, 3.63) is 46.0 Å². The maximum atomic E-state index is 13.5. The second kappa shape index (κ2) is 7.85. The summed E-state index contributed by atoms with van der Waals surface area (Å²) in [6.07, 6.45) is 0.657. The molecule has 1 aromatic heterocycles. The number of thioether (sulfide) groups is 1. The molecular weight excluding hydrogens is 419 g/mol. The lowest BCUT2D eigenvalue weighted by Gasteiger charge is -2.26. The third kappa shape index (κ3) is 4.23. The number of thiophene rings is 1. The summed E-state index contributed by atoms with van der Waals surface area (Å²) in [4.78, 5) is 13.3. The quantitative estimate of drug-likeness (QED) is 0.781. The molecule has 10 heteroatoms. The molecule has 26 heavy (non-hydrogen) atoms. The minimum absolute atomic E-state index is 0.0827. The van der Waals surface area contributed by atoms with Gasteiger partial charge in [0, 0.05) is 17.7 Å². The molecule has 1 atom stereocenters. The average Bonchev–Trinajstić information content (AvgIpc) is 3.02. The van der Waals surface area contributed by atoms with Crippen molar-refractivity contribution in [1.82, 2.24) is 9.62 Å². The molecule has 2 heterocycles. The number of halogens is 2. The van der Waals surface area contributed by atoms with Crippen LogP contribution < -0.4 is 5.32 Å². The summed E-state index contributed by atoms with van der Waals surface area (Å²) in [6.45, 7) is -0.327. The lowest BCUT2D eigenvalue weighted by molar-refractivity contribution is -0.121. The highest BCUT2D eigenvalue weighted by Gasteiger charge is 2.27. The van der Waals surface area contributed by atoms with Crippen LogP contribution in [0.25, 0.3) is 0 Å². The molecule has 0 bridgehead atoms. The molecule has 0 saturated carbocycles. The van der Waals surface area contributed by atoms with Gasteiger partial charge in [0.2, 0.25) is 5.91 Å². The molecule has 5 nitrogen and oxygen atoms in total. The molecule has 0 aliphatic carbocycles. The largest absolute Gasteiger partial charge is 0.348 e. The van der Waals surface area contributed by atoms with Crippen LogP contribution in [-0.4, -0.2) is 38.0 Å². The molecule has 0 saturated heterocycles. The molecule has 0 radical (unpaired) electrons. The predicted octanol–water partition coefficient (Wildman–Crippen LogP) is 3.51. The van der Waals surface area contributed by atoms with Crippen LogP contribution in [0.2, 0.25) is 4.34 Å². The zero-order valence-corrected chi connectivity index (χ0v) is 16.9. The number of hydrogen-bond acceptors (Lipinski definition) is 5. The maximum Gasteiger partial charge on any atom is 0.252 e. The maximum absolute atomic E-state index is 13.5. The number of carbonyl (C=O) groups is 1. The van der Waals surface area contributed by atoms with Crippen molar-refractivity contribution in [2.24, 2.45) is 0 Å². The molecule has 2 aromatic rings. The van der Waals surface area contributed by atoms with E-state index in [2.05, 4.69) is 5.32 Å². The Labute approximate surface area is 164 Å². The lowest BCUT2D eigenvalue weighted by atomic mass is 10.0. The Morgan fingerprint density at radius 2 is 2.15 bits per heavy atom. The minimum Gasteiger partial charge on any atom is -0.348 e. The standard InChI is InChI=1S/C16H16ClFN2O3S3/c1-20(26(22,23)16-5-4-14(17)25-16)9-15(21)19-12-6-7-24-13-3-2-10(18)8-11(12)13/h2-5,8,12H,6-7,9H2,1H3,(H,19,21). The molecule has 1 aliphatic rings. The van der Waals surface area contributed by atoms with Gasteiger partial charge in [-0.25, -0.2) is 12.8 Å². The number of benzene rings is 1. The van der Waals surface area contributed by atoms with Crippen LogP contribution in [0, 0.1) is 5.82 Å². The molecule has 1 N–H and O–H groups in total. The van der Waals surface area contributed by atoms with Crippen molar-refractivity contribution in [3.63, 3.8) is 0 Å². The van der Waals surface area contributed by atoms with Crippen molar-refractivity contribution in [2.75, 3.05) is 19.3 Å². The minimum atomic E-state index is -3.78. The summed E-state index contributed by atoms with van der Waals surface area (Å²) in [5, 5.41) is 2.81. The summed E-state index contributed by atoms with van der Waals surface area (Å²) in [5.41, 5.74) is 0.727. The molecule has 140 valence electrons. The number of nitrogens with zero attached hydrogens (tertiary/aromatic N) is 1. The van der Waals surface area contributed by atoms with Gasteiger partial charge in [-0.05, 0) is 42.3 Å². The summed E-state index contributed by atoms with van der Waals surface area (Å²) >= 11 is 8.34. The van der Waals surface area contributed by atoms with Crippen LogP contribution in [0.1, 0.15) is 18.0 Å². The summed E-state index contributed by atoms with van der Waals surface area (Å²) in [6, 6.07) is 7.09. The van der Waals surface area contributed by atoms with Gasteiger partial charge in [-0.15, -0.1) is 23.1 Å². The molecule has 1 aromatic carbocycles. The fourth-order valence-corrected chi connectivity index (χ4v) is 6.56. The van der Waals surface area contributed by atoms with Crippen LogP contribution in [0.4, 0.5) is 4.39 Å². The van der Waals surface area contributed by atoms with Gasteiger partial charge in [-0.3, -0.25) is 4.79 Å². The molecular formula is C16H16ClFN2O3S3. The Hall–Kier alpha value is -1.13. The predicted molar refractivity (Wildman–Crippen MR) is 102 cm³/mol.